The average Bonchev–Trinajstić information content (AvgIpc) is 2.72. The number of hydrogen-bond acceptors (Lipinski definition) is 1. The first kappa shape index (κ1) is 18.0. The molecule has 4 rings (SSSR count). The van der Waals surface area contributed by atoms with E-state index in [-0.39, 0.29) is 0 Å². The molecule has 0 spiro atoms. The molecule has 0 amide bonds. The van der Waals surface area contributed by atoms with Gasteiger partial charge in [0.2, 0.25) is 0 Å². The van der Waals surface area contributed by atoms with Gasteiger partial charge < -0.3 is 0 Å². The Morgan fingerprint density at radius 3 is 1.40 bits per heavy atom. The predicted octanol–water partition coefficient (Wildman–Crippen LogP) is 6.72. The van der Waals surface area contributed by atoms with Gasteiger partial charge in [-0.1, -0.05) is 25.3 Å². The van der Waals surface area contributed by atoms with Crippen molar-refractivity contribution in [3.63, 3.8) is 0 Å². The van der Waals surface area contributed by atoms with Crippen molar-refractivity contribution in [2.75, 3.05) is 0 Å². The Labute approximate surface area is 155 Å². The van der Waals surface area contributed by atoms with Crippen molar-refractivity contribution < 1.29 is 0 Å². The van der Waals surface area contributed by atoms with Gasteiger partial charge in [-0.05, 0) is 89.2 Å². The second-order valence-electron chi connectivity index (χ2n) is 8.90. The van der Waals surface area contributed by atoms with Gasteiger partial charge in [-0.2, -0.15) is 0 Å². The summed E-state index contributed by atoms with van der Waals surface area (Å²) in [7, 11) is -1.19. The Hall–Kier alpha value is -0.420. The van der Waals surface area contributed by atoms with Crippen molar-refractivity contribution in [3.05, 3.63) is 24.4 Å². The predicted molar refractivity (Wildman–Crippen MR) is 111 cm³/mol. The summed E-state index contributed by atoms with van der Waals surface area (Å²) in [5.74, 6) is 0. The molecule has 0 saturated heterocycles. The van der Waals surface area contributed by atoms with E-state index in [0.29, 0.717) is 0 Å². The van der Waals surface area contributed by atoms with Crippen LogP contribution in [-0.2, 0) is 0 Å². The minimum atomic E-state index is -1.19. The van der Waals surface area contributed by atoms with E-state index < -0.39 is 7.26 Å². The third kappa shape index (κ3) is 3.55. The van der Waals surface area contributed by atoms with Gasteiger partial charge >= 0.3 is 0 Å². The molecule has 2 heteroatoms. The zero-order valence-electron chi connectivity index (χ0n) is 16.0. The Bertz CT molecular complexity index is 465. The molecule has 138 valence electrons. The maximum atomic E-state index is 5.13. The number of pyridine rings is 1. The van der Waals surface area contributed by atoms with E-state index >= 15 is 0 Å². The zero-order chi connectivity index (χ0) is 17.0. The molecular formula is C23H37NP+. The van der Waals surface area contributed by atoms with E-state index in [1.807, 2.05) is 0 Å². The Kier molecular flexibility index (Phi) is 6.12. The minimum absolute atomic E-state index is 1.00. The highest BCUT2D eigenvalue weighted by molar-refractivity contribution is 7.84. The van der Waals surface area contributed by atoms with Crippen LogP contribution in [0.15, 0.2) is 24.4 Å². The molecule has 1 nitrogen and oxygen atoms in total. The van der Waals surface area contributed by atoms with Crippen LogP contribution in [0.4, 0.5) is 0 Å². The first-order chi connectivity index (χ1) is 12.4. The average molecular weight is 359 g/mol. The van der Waals surface area contributed by atoms with Crippen molar-refractivity contribution in [3.8, 4) is 0 Å². The highest BCUT2D eigenvalue weighted by atomic mass is 31.2. The van der Waals surface area contributed by atoms with Gasteiger partial charge in [-0.25, -0.2) is 4.98 Å². The van der Waals surface area contributed by atoms with Crippen LogP contribution in [0.1, 0.15) is 96.3 Å². The number of hydrogen-bond donors (Lipinski definition) is 0. The molecule has 0 aromatic carbocycles. The van der Waals surface area contributed by atoms with Gasteiger partial charge in [0.1, 0.15) is 0 Å². The molecular weight excluding hydrogens is 321 g/mol. The lowest BCUT2D eigenvalue weighted by molar-refractivity contribution is 0.454. The van der Waals surface area contributed by atoms with Gasteiger partial charge in [0.15, 0.2) is 5.44 Å². The summed E-state index contributed by atoms with van der Waals surface area (Å²) < 4.78 is 0. The monoisotopic (exact) mass is 358 g/mol. The van der Waals surface area contributed by atoms with E-state index in [0.717, 1.165) is 17.0 Å². The number of nitrogens with zero attached hydrogens (tertiary/aromatic N) is 1. The SMILES string of the molecule is c1ccc([P+](C2CCCCC2)(C2CCCCC2)C2CCCCC2)nc1. The van der Waals surface area contributed by atoms with Crippen LogP contribution in [0.3, 0.4) is 0 Å². The first-order valence-corrected chi connectivity index (χ1v) is 13.2. The first-order valence-electron chi connectivity index (χ1n) is 11.2. The maximum Gasteiger partial charge on any atom is 0.183 e. The van der Waals surface area contributed by atoms with Crippen molar-refractivity contribution in [1.29, 1.82) is 0 Å². The summed E-state index contributed by atoms with van der Waals surface area (Å²) in [5.41, 5.74) is 4.60. The van der Waals surface area contributed by atoms with Crippen LogP contribution in [0.25, 0.3) is 0 Å². The second kappa shape index (κ2) is 8.51. The van der Waals surface area contributed by atoms with Gasteiger partial charge in [0.25, 0.3) is 0 Å². The summed E-state index contributed by atoms with van der Waals surface area (Å²) in [6, 6.07) is 6.90. The molecule has 1 aromatic rings. The molecule has 0 aliphatic heterocycles. The molecule has 3 saturated carbocycles. The fraction of sp³-hybridized carbons (Fsp3) is 0.783. The summed E-state index contributed by atoms with van der Waals surface area (Å²) >= 11 is 0. The Morgan fingerprint density at radius 1 is 0.600 bits per heavy atom. The van der Waals surface area contributed by atoms with Gasteiger partial charge in [-0.3, -0.25) is 0 Å². The summed E-state index contributed by atoms with van der Waals surface area (Å²) in [6.45, 7) is 0. The van der Waals surface area contributed by atoms with Gasteiger partial charge in [-0.15, -0.1) is 0 Å². The van der Waals surface area contributed by atoms with E-state index in [4.69, 9.17) is 4.98 Å². The largest absolute Gasteiger partial charge is 0.222 e. The highest BCUT2D eigenvalue weighted by Crippen LogP contribution is 2.75. The normalized spacial score (nSPS) is 25.1. The van der Waals surface area contributed by atoms with Crippen LogP contribution >= 0.6 is 7.26 Å². The summed E-state index contributed by atoms with van der Waals surface area (Å²) in [4.78, 5) is 5.13. The molecule has 1 aromatic heterocycles. The summed E-state index contributed by atoms with van der Waals surface area (Å²) in [5, 5.41) is 0. The lowest BCUT2D eigenvalue weighted by Gasteiger charge is -2.47. The van der Waals surface area contributed by atoms with E-state index in [9.17, 15) is 0 Å². The van der Waals surface area contributed by atoms with Crippen molar-refractivity contribution in [2.24, 2.45) is 0 Å². The maximum absolute atomic E-state index is 5.13. The minimum Gasteiger partial charge on any atom is -0.222 e. The Balaban J connectivity index is 1.79. The fourth-order valence-electron chi connectivity index (χ4n) is 6.56. The second-order valence-corrected chi connectivity index (χ2v) is 13.2. The highest BCUT2D eigenvalue weighted by Gasteiger charge is 2.59. The summed E-state index contributed by atoms with van der Waals surface area (Å²) in [6.07, 6.45) is 24.5. The Morgan fingerprint density at radius 2 is 1.04 bits per heavy atom. The quantitative estimate of drug-likeness (QED) is 0.544. The van der Waals surface area contributed by atoms with Crippen LogP contribution in [0, 0.1) is 0 Å². The van der Waals surface area contributed by atoms with E-state index in [1.54, 1.807) is 5.44 Å². The van der Waals surface area contributed by atoms with Crippen LogP contribution in [0.2, 0.25) is 0 Å². The molecule has 1 heterocycles. The van der Waals surface area contributed by atoms with Crippen molar-refractivity contribution in [2.45, 2.75) is 113 Å². The van der Waals surface area contributed by atoms with Crippen LogP contribution < -0.4 is 5.44 Å². The zero-order valence-corrected chi connectivity index (χ0v) is 16.9. The molecule has 0 N–H and O–H groups in total. The molecule has 3 fully saturated rings. The molecule has 3 aliphatic rings. The van der Waals surface area contributed by atoms with Gasteiger partial charge in [0.05, 0.1) is 24.2 Å². The van der Waals surface area contributed by atoms with E-state index in [2.05, 4.69) is 24.4 Å². The lowest BCUT2D eigenvalue weighted by atomic mass is 9.99. The van der Waals surface area contributed by atoms with Gasteiger partial charge in [0, 0.05) is 6.20 Å². The molecule has 3 aliphatic carbocycles. The van der Waals surface area contributed by atoms with Crippen LogP contribution in [-0.4, -0.2) is 22.0 Å². The molecule has 0 atom stereocenters. The smallest absolute Gasteiger partial charge is 0.183 e. The molecule has 0 radical (unpaired) electrons. The fourth-order valence-corrected chi connectivity index (χ4v) is 13.7. The number of aromatic nitrogens is 1. The lowest BCUT2D eigenvalue weighted by Crippen LogP contribution is -2.42. The standard InChI is InChI=1S/C23H37NP/c1-4-12-20(13-5-1)25(21-14-6-2-7-15-21,22-16-8-3-9-17-22)23-18-10-11-19-24-23/h10-11,18-22H,1-9,12-17H2/q+1. The topological polar surface area (TPSA) is 12.9 Å². The third-order valence-electron chi connectivity index (χ3n) is 7.58. The number of rotatable bonds is 4. The molecule has 25 heavy (non-hydrogen) atoms. The van der Waals surface area contributed by atoms with E-state index in [1.165, 1.54) is 96.3 Å². The van der Waals surface area contributed by atoms with Crippen molar-refractivity contribution >= 4 is 12.7 Å². The molecule has 0 bridgehead atoms. The van der Waals surface area contributed by atoms with Crippen molar-refractivity contribution in [1.82, 2.24) is 4.98 Å². The van der Waals surface area contributed by atoms with Crippen LogP contribution in [0.5, 0.6) is 0 Å². The molecule has 0 unspecified atom stereocenters. The third-order valence-corrected chi connectivity index (χ3v) is 13.8.